The summed E-state index contributed by atoms with van der Waals surface area (Å²) in [6.45, 7) is 2.83. The highest BCUT2D eigenvalue weighted by Crippen LogP contribution is 2.37. The van der Waals surface area contributed by atoms with Crippen molar-refractivity contribution in [2.45, 2.75) is 57.3 Å². The van der Waals surface area contributed by atoms with Crippen molar-refractivity contribution in [3.8, 4) is 6.07 Å². The maximum absolute atomic E-state index is 8.72. The first-order valence-corrected chi connectivity index (χ1v) is 6.16. The van der Waals surface area contributed by atoms with Crippen LogP contribution in [0.25, 0.3) is 0 Å². The second kappa shape index (κ2) is 4.99. The van der Waals surface area contributed by atoms with Crippen molar-refractivity contribution < 1.29 is 9.47 Å². The van der Waals surface area contributed by atoms with Crippen LogP contribution in [0.2, 0.25) is 0 Å². The highest BCUT2D eigenvalue weighted by molar-refractivity contribution is 5.18. The smallest absolute Gasteiger partial charge is 0.169 e. The SMILES string of the molecule is C[C@H]1O[C@@]2(CCCCO2)CCC/C1=C\C#N. The molecule has 0 N–H and O–H groups in total. The highest BCUT2D eigenvalue weighted by Gasteiger charge is 2.38. The van der Waals surface area contributed by atoms with Crippen LogP contribution in [-0.2, 0) is 9.47 Å². The molecule has 3 nitrogen and oxygen atoms in total. The van der Waals surface area contributed by atoms with Gasteiger partial charge in [0.15, 0.2) is 5.79 Å². The zero-order valence-corrected chi connectivity index (χ0v) is 9.87. The molecule has 16 heavy (non-hydrogen) atoms. The van der Waals surface area contributed by atoms with Gasteiger partial charge in [-0.25, -0.2) is 0 Å². The summed E-state index contributed by atoms with van der Waals surface area (Å²) in [6.07, 6.45) is 7.94. The third-order valence-corrected chi connectivity index (χ3v) is 3.50. The Hall–Kier alpha value is -0.850. The highest BCUT2D eigenvalue weighted by atomic mass is 16.7. The van der Waals surface area contributed by atoms with E-state index in [1.807, 2.05) is 6.92 Å². The van der Waals surface area contributed by atoms with Crippen LogP contribution in [-0.4, -0.2) is 18.5 Å². The maximum Gasteiger partial charge on any atom is 0.169 e. The predicted molar refractivity (Wildman–Crippen MR) is 60.6 cm³/mol. The zero-order chi connectivity index (χ0) is 11.4. The summed E-state index contributed by atoms with van der Waals surface area (Å²) in [6, 6.07) is 2.10. The molecule has 2 aliphatic heterocycles. The molecule has 2 fully saturated rings. The topological polar surface area (TPSA) is 42.2 Å². The number of hydrogen-bond donors (Lipinski definition) is 0. The second-order valence-electron chi connectivity index (χ2n) is 4.68. The van der Waals surface area contributed by atoms with Crippen LogP contribution in [0.1, 0.15) is 45.4 Å². The molecule has 0 aromatic heterocycles. The lowest BCUT2D eigenvalue weighted by Gasteiger charge is -2.37. The lowest BCUT2D eigenvalue weighted by molar-refractivity contribution is -0.267. The Morgan fingerprint density at radius 1 is 1.38 bits per heavy atom. The molecular formula is C13H19NO2. The summed E-state index contributed by atoms with van der Waals surface area (Å²) in [7, 11) is 0. The van der Waals surface area contributed by atoms with Crippen LogP contribution in [0.4, 0.5) is 0 Å². The van der Waals surface area contributed by atoms with E-state index in [0.717, 1.165) is 44.3 Å². The minimum Gasteiger partial charge on any atom is -0.350 e. The maximum atomic E-state index is 8.72. The Labute approximate surface area is 97.0 Å². The van der Waals surface area contributed by atoms with Crippen molar-refractivity contribution in [2.24, 2.45) is 0 Å². The van der Waals surface area contributed by atoms with Gasteiger partial charge in [0, 0.05) is 18.9 Å². The van der Waals surface area contributed by atoms with E-state index in [-0.39, 0.29) is 11.9 Å². The van der Waals surface area contributed by atoms with Gasteiger partial charge < -0.3 is 9.47 Å². The summed E-state index contributed by atoms with van der Waals surface area (Å²) < 4.78 is 11.9. The molecule has 0 unspecified atom stereocenters. The zero-order valence-electron chi connectivity index (χ0n) is 9.87. The number of hydrogen-bond acceptors (Lipinski definition) is 3. The monoisotopic (exact) mass is 221 g/mol. The second-order valence-corrected chi connectivity index (χ2v) is 4.68. The van der Waals surface area contributed by atoms with E-state index in [2.05, 4.69) is 6.07 Å². The Balaban J connectivity index is 2.10. The Morgan fingerprint density at radius 3 is 2.88 bits per heavy atom. The third kappa shape index (κ3) is 2.45. The van der Waals surface area contributed by atoms with Gasteiger partial charge >= 0.3 is 0 Å². The molecule has 2 aliphatic rings. The van der Waals surface area contributed by atoms with Crippen LogP contribution in [0.5, 0.6) is 0 Å². The number of ether oxygens (including phenoxy) is 2. The van der Waals surface area contributed by atoms with Crippen LogP contribution in [0.3, 0.4) is 0 Å². The standard InChI is InChI=1S/C13H19NO2/c1-11-12(6-9-14)5-4-8-13(16-11)7-2-3-10-15-13/h6,11H,2-5,7-8,10H2,1H3/b12-6+/t11-,13+/m1/s1. The fourth-order valence-corrected chi connectivity index (χ4v) is 2.61. The molecule has 88 valence electrons. The number of nitriles is 1. The molecular weight excluding hydrogens is 202 g/mol. The average Bonchev–Trinajstić information content (AvgIpc) is 2.41. The Kier molecular flexibility index (Phi) is 3.63. The third-order valence-electron chi connectivity index (χ3n) is 3.50. The van der Waals surface area contributed by atoms with E-state index >= 15 is 0 Å². The molecule has 3 heteroatoms. The van der Waals surface area contributed by atoms with Crippen LogP contribution in [0.15, 0.2) is 11.6 Å². The minimum absolute atomic E-state index is 0.0141. The van der Waals surface area contributed by atoms with Gasteiger partial charge in [-0.05, 0) is 38.2 Å². The van der Waals surface area contributed by atoms with Crippen molar-refractivity contribution in [1.82, 2.24) is 0 Å². The Morgan fingerprint density at radius 2 is 2.19 bits per heavy atom. The van der Waals surface area contributed by atoms with Crippen LogP contribution >= 0.6 is 0 Å². The normalized spacial score (nSPS) is 38.2. The largest absolute Gasteiger partial charge is 0.350 e. The summed E-state index contributed by atoms with van der Waals surface area (Å²) >= 11 is 0. The van der Waals surface area contributed by atoms with Gasteiger partial charge in [0.2, 0.25) is 0 Å². The summed E-state index contributed by atoms with van der Waals surface area (Å²) in [5, 5.41) is 8.72. The van der Waals surface area contributed by atoms with Gasteiger partial charge in [-0.1, -0.05) is 0 Å². The van der Waals surface area contributed by atoms with Crippen molar-refractivity contribution in [1.29, 1.82) is 5.26 Å². The summed E-state index contributed by atoms with van der Waals surface area (Å²) in [5.41, 5.74) is 1.11. The molecule has 0 radical (unpaired) electrons. The van der Waals surface area contributed by atoms with E-state index in [9.17, 15) is 0 Å². The minimum atomic E-state index is -0.358. The molecule has 0 aromatic rings. The van der Waals surface area contributed by atoms with E-state index in [1.165, 1.54) is 6.42 Å². The first-order chi connectivity index (χ1) is 7.76. The molecule has 1 spiro atoms. The molecule has 0 saturated carbocycles. The first kappa shape index (κ1) is 11.6. The molecule has 2 rings (SSSR count). The van der Waals surface area contributed by atoms with E-state index in [0.29, 0.717) is 0 Å². The van der Waals surface area contributed by atoms with Gasteiger partial charge in [-0.3, -0.25) is 0 Å². The van der Waals surface area contributed by atoms with Gasteiger partial charge in [0.25, 0.3) is 0 Å². The molecule has 0 bridgehead atoms. The molecule has 2 heterocycles. The molecule has 2 saturated heterocycles. The average molecular weight is 221 g/mol. The fourth-order valence-electron chi connectivity index (χ4n) is 2.61. The summed E-state index contributed by atoms with van der Waals surface area (Å²) in [4.78, 5) is 0. The van der Waals surface area contributed by atoms with Crippen LogP contribution in [0, 0.1) is 11.3 Å². The summed E-state index contributed by atoms with van der Waals surface area (Å²) in [5.74, 6) is -0.358. The van der Waals surface area contributed by atoms with Gasteiger partial charge in [0.05, 0.1) is 18.8 Å². The van der Waals surface area contributed by atoms with Gasteiger partial charge in [0.1, 0.15) is 0 Å². The van der Waals surface area contributed by atoms with Crippen molar-refractivity contribution in [3.63, 3.8) is 0 Å². The lowest BCUT2D eigenvalue weighted by atomic mass is 9.99. The molecule has 0 aromatic carbocycles. The lowest BCUT2D eigenvalue weighted by Crippen LogP contribution is -2.40. The Bertz CT molecular complexity index is 310. The number of rotatable bonds is 0. The van der Waals surface area contributed by atoms with Crippen molar-refractivity contribution >= 4 is 0 Å². The van der Waals surface area contributed by atoms with E-state index < -0.39 is 0 Å². The van der Waals surface area contributed by atoms with Gasteiger partial charge in [-0.2, -0.15) is 5.26 Å². The fraction of sp³-hybridized carbons (Fsp3) is 0.769. The molecule has 0 amide bonds. The van der Waals surface area contributed by atoms with Crippen LogP contribution < -0.4 is 0 Å². The number of allylic oxidation sites excluding steroid dienone is 1. The molecule has 0 aliphatic carbocycles. The van der Waals surface area contributed by atoms with Crippen molar-refractivity contribution in [3.05, 3.63) is 11.6 Å². The van der Waals surface area contributed by atoms with Gasteiger partial charge in [-0.15, -0.1) is 0 Å². The van der Waals surface area contributed by atoms with E-state index in [4.69, 9.17) is 14.7 Å². The molecule has 2 atom stereocenters. The quantitative estimate of drug-likeness (QED) is 0.591. The van der Waals surface area contributed by atoms with Crippen molar-refractivity contribution in [2.75, 3.05) is 6.61 Å². The predicted octanol–water partition coefficient (Wildman–Crippen LogP) is 2.92. The first-order valence-electron chi connectivity index (χ1n) is 6.16. The number of nitrogens with zero attached hydrogens (tertiary/aromatic N) is 1. The van der Waals surface area contributed by atoms with E-state index in [1.54, 1.807) is 6.08 Å².